The number of benzene rings is 2. The van der Waals surface area contributed by atoms with Crippen molar-refractivity contribution in [2.24, 2.45) is 22.7 Å². The van der Waals surface area contributed by atoms with E-state index in [2.05, 4.69) is 55.4 Å². The second-order valence-electron chi connectivity index (χ2n) is 14.0. The molecule has 0 spiro atoms. The maximum Gasteiger partial charge on any atom is 0.335 e. The highest BCUT2D eigenvalue weighted by Crippen LogP contribution is 2.55. The van der Waals surface area contributed by atoms with Crippen LogP contribution in [-0.4, -0.2) is 22.2 Å². The summed E-state index contributed by atoms with van der Waals surface area (Å²) in [6.07, 6.45) is 5.95. The molecule has 202 valence electrons. The Balaban J connectivity index is 2.15. The molecule has 0 saturated heterocycles. The van der Waals surface area contributed by atoms with Gasteiger partial charge in [0.15, 0.2) is 0 Å². The molecule has 0 aromatic heterocycles. The molecule has 2 N–H and O–H groups in total. The number of hydrogen-bond donors (Lipinski definition) is 2. The van der Waals surface area contributed by atoms with Crippen LogP contribution >= 0.6 is 0 Å². The summed E-state index contributed by atoms with van der Waals surface area (Å²) in [6, 6.07) is 10.9. The van der Waals surface area contributed by atoms with Gasteiger partial charge >= 0.3 is 11.9 Å². The Labute approximate surface area is 223 Å². The third kappa shape index (κ3) is 6.83. The fraction of sp³-hybridized carbons (Fsp3) is 0.576. The van der Waals surface area contributed by atoms with Gasteiger partial charge < -0.3 is 10.2 Å². The van der Waals surface area contributed by atoms with Crippen molar-refractivity contribution in [1.82, 2.24) is 0 Å². The van der Waals surface area contributed by atoms with Gasteiger partial charge in [-0.25, -0.2) is 9.59 Å². The van der Waals surface area contributed by atoms with Gasteiger partial charge in [0.05, 0.1) is 11.1 Å². The third-order valence-electron chi connectivity index (χ3n) is 7.90. The van der Waals surface area contributed by atoms with Crippen LogP contribution in [-0.2, 0) is 5.41 Å². The lowest BCUT2D eigenvalue weighted by molar-refractivity contribution is 0.0686. The van der Waals surface area contributed by atoms with Crippen LogP contribution in [0.3, 0.4) is 0 Å². The van der Waals surface area contributed by atoms with Crippen LogP contribution in [0.2, 0.25) is 0 Å². The highest BCUT2D eigenvalue weighted by atomic mass is 16.4. The van der Waals surface area contributed by atoms with E-state index in [1.807, 2.05) is 24.3 Å². The van der Waals surface area contributed by atoms with Gasteiger partial charge in [-0.05, 0) is 108 Å². The summed E-state index contributed by atoms with van der Waals surface area (Å²) >= 11 is 0. The van der Waals surface area contributed by atoms with Crippen molar-refractivity contribution in [2.45, 2.75) is 99.3 Å². The first kappa shape index (κ1) is 28.9. The predicted octanol–water partition coefficient (Wildman–Crippen LogP) is 9.05. The molecule has 4 heteroatoms. The van der Waals surface area contributed by atoms with E-state index in [0.717, 1.165) is 60.8 Å². The maximum absolute atomic E-state index is 12.0. The van der Waals surface area contributed by atoms with Crippen molar-refractivity contribution < 1.29 is 19.8 Å². The molecule has 0 radical (unpaired) electrons. The molecule has 1 aliphatic carbocycles. The van der Waals surface area contributed by atoms with E-state index >= 15 is 0 Å². The minimum absolute atomic E-state index is 0.228. The fourth-order valence-corrected chi connectivity index (χ4v) is 6.71. The van der Waals surface area contributed by atoms with Crippen molar-refractivity contribution in [3.8, 4) is 11.1 Å². The van der Waals surface area contributed by atoms with Gasteiger partial charge in [0, 0.05) is 5.41 Å². The van der Waals surface area contributed by atoms with Crippen LogP contribution in [0.4, 0.5) is 0 Å². The van der Waals surface area contributed by atoms with Crippen LogP contribution in [0, 0.1) is 22.7 Å². The largest absolute Gasteiger partial charge is 0.478 e. The van der Waals surface area contributed by atoms with Crippen molar-refractivity contribution >= 4 is 11.9 Å². The Kier molecular flexibility index (Phi) is 8.32. The number of carboxylic acid groups (broad SMARTS) is 2. The molecule has 0 fully saturated rings. The second-order valence-corrected chi connectivity index (χ2v) is 14.0. The lowest BCUT2D eigenvalue weighted by atomic mass is 9.67. The fourth-order valence-electron chi connectivity index (χ4n) is 6.71. The predicted molar refractivity (Wildman–Crippen MR) is 152 cm³/mol. The highest BCUT2D eigenvalue weighted by Gasteiger charge is 2.44. The summed E-state index contributed by atoms with van der Waals surface area (Å²) in [5.74, 6) is -0.856. The molecular weight excluding hydrogens is 460 g/mol. The highest BCUT2D eigenvalue weighted by molar-refractivity contribution is 5.93. The zero-order valence-electron chi connectivity index (χ0n) is 24.1. The zero-order chi connectivity index (χ0) is 27.8. The molecule has 0 heterocycles. The smallest absolute Gasteiger partial charge is 0.335 e. The van der Waals surface area contributed by atoms with Gasteiger partial charge in [0.1, 0.15) is 0 Å². The van der Waals surface area contributed by atoms with E-state index in [4.69, 9.17) is 0 Å². The lowest BCUT2D eigenvalue weighted by Gasteiger charge is -2.36. The van der Waals surface area contributed by atoms with Crippen molar-refractivity contribution in [3.05, 3.63) is 58.7 Å². The molecule has 0 amide bonds. The standard InChI is InChI=1S/C33H46O4/c1-21(19-31(3,4)5)13-15-33(16-14-22(2)20-32(6,7)8)27-17-23(29(34)35)9-11-25(27)26-12-10-24(30(36)37)18-28(26)33/h9-12,17-18,21-22H,13-16,19-20H2,1-8H3,(H,34,35)(H,36,37). The molecular formula is C33H46O4. The van der Waals surface area contributed by atoms with Gasteiger partial charge in [-0.2, -0.15) is 0 Å². The summed E-state index contributed by atoms with van der Waals surface area (Å²) in [5, 5.41) is 19.7. The lowest BCUT2D eigenvalue weighted by Crippen LogP contribution is -2.28. The summed E-state index contributed by atoms with van der Waals surface area (Å²) in [6.45, 7) is 18.2. The van der Waals surface area contributed by atoms with E-state index in [9.17, 15) is 19.8 Å². The first-order valence-electron chi connectivity index (χ1n) is 13.8. The van der Waals surface area contributed by atoms with E-state index in [1.165, 1.54) is 0 Å². The number of carboxylic acids is 2. The molecule has 37 heavy (non-hydrogen) atoms. The molecule has 2 unspecified atom stereocenters. The minimum Gasteiger partial charge on any atom is -0.478 e. The maximum atomic E-state index is 12.0. The summed E-state index contributed by atoms with van der Waals surface area (Å²) in [4.78, 5) is 24.0. The average molecular weight is 507 g/mol. The summed E-state index contributed by atoms with van der Waals surface area (Å²) < 4.78 is 0. The van der Waals surface area contributed by atoms with Crippen molar-refractivity contribution in [2.75, 3.05) is 0 Å². The quantitative estimate of drug-likeness (QED) is 0.337. The van der Waals surface area contributed by atoms with Gasteiger partial charge in [-0.15, -0.1) is 0 Å². The van der Waals surface area contributed by atoms with Gasteiger partial charge in [-0.1, -0.05) is 67.5 Å². The van der Waals surface area contributed by atoms with Crippen LogP contribution in [0.15, 0.2) is 36.4 Å². The Morgan fingerprint density at radius 1 is 0.703 bits per heavy atom. The van der Waals surface area contributed by atoms with Gasteiger partial charge in [-0.3, -0.25) is 0 Å². The molecule has 0 bridgehead atoms. The molecule has 2 atom stereocenters. The second kappa shape index (κ2) is 10.6. The zero-order valence-corrected chi connectivity index (χ0v) is 24.1. The van der Waals surface area contributed by atoms with E-state index in [0.29, 0.717) is 23.0 Å². The molecule has 1 aliphatic rings. The van der Waals surface area contributed by atoms with E-state index < -0.39 is 17.4 Å². The number of carbonyl (C=O) groups is 2. The molecule has 0 saturated carbocycles. The molecule has 2 aromatic rings. The minimum atomic E-state index is -0.930. The van der Waals surface area contributed by atoms with Crippen LogP contribution in [0.5, 0.6) is 0 Å². The Morgan fingerprint density at radius 2 is 1.05 bits per heavy atom. The number of fused-ring (bicyclic) bond motifs is 3. The first-order chi connectivity index (χ1) is 17.0. The van der Waals surface area contributed by atoms with Crippen LogP contribution in [0.25, 0.3) is 11.1 Å². The topological polar surface area (TPSA) is 74.6 Å². The third-order valence-corrected chi connectivity index (χ3v) is 7.90. The monoisotopic (exact) mass is 506 g/mol. The Hall–Kier alpha value is -2.62. The number of rotatable bonds is 10. The van der Waals surface area contributed by atoms with E-state index in [1.54, 1.807) is 12.1 Å². The van der Waals surface area contributed by atoms with Crippen molar-refractivity contribution in [1.29, 1.82) is 0 Å². The van der Waals surface area contributed by atoms with Gasteiger partial charge in [0.25, 0.3) is 0 Å². The average Bonchev–Trinajstić information content (AvgIpc) is 3.03. The SMILES string of the molecule is CC(CCC1(CCC(C)CC(C)(C)C)c2cc(C(=O)O)ccc2-c2ccc(C(=O)O)cc21)CC(C)(C)C. The summed E-state index contributed by atoms with van der Waals surface area (Å²) in [5.41, 5.74) is 4.83. The first-order valence-corrected chi connectivity index (χ1v) is 13.8. The van der Waals surface area contributed by atoms with Crippen LogP contribution in [0.1, 0.15) is 126 Å². The number of aromatic carboxylic acids is 2. The van der Waals surface area contributed by atoms with Gasteiger partial charge in [0.2, 0.25) is 0 Å². The molecule has 2 aromatic carbocycles. The summed E-state index contributed by atoms with van der Waals surface area (Å²) in [7, 11) is 0. The van der Waals surface area contributed by atoms with Crippen LogP contribution < -0.4 is 0 Å². The number of hydrogen-bond acceptors (Lipinski definition) is 2. The Morgan fingerprint density at radius 3 is 1.35 bits per heavy atom. The van der Waals surface area contributed by atoms with Crippen molar-refractivity contribution in [3.63, 3.8) is 0 Å². The Bertz CT molecular complexity index is 1050. The molecule has 0 aliphatic heterocycles. The normalized spacial score (nSPS) is 16.1. The van der Waals surface area contributed by atoms with E-state index in [-0.39, 0.29) is 10.8 Å². The molecule has 3 rings (SSSR count). The molecule has 4 nitrogen and oxygen atoms in total.